The van der Waals surface area contributed by atoms with Gasteiger partial charge in [0.25, 0.3) is 0 Å². The van der Waals surface area contributed by atoms with E-state index in [0.717, 1.165) is 37.8 Å². The molecule has 1 heterocycles. The van der Waals surface area contributed by atoms with Gasteiger partial charge < -0.3 is 11.1 Å². The van der Waals surface area contributed by atoms with Gasteiger partial charge in [-0.1, -0.05) is 25.3 Å². The number of nitrogens with two attached hydrogens (primary N) is 1. The van der Waals surface area contributed by atoms with Gasteiger partial charge in [0.1, 0.15) is 0 Å². The Hall–Kier alpha value is -1.99. The summed E-state index contributed by atoms with van der Waals surface area (Å²) in [7, 11) is 0. The minimum atomic E-state index is -0.751. The number of amides is 1. The second kappa shape index (κ2) is 7.06. The van der Waals surface area contributed by atoms with Crippen LogP contribution in [0.3, 0.4) is 0 Å². The maximum Gasteiger partial charge on any atom is 0.244 e. The van der Waals surface area contributed by atoms with Gasteiger partial charge in [0.2, 0.25) is 5.91 Å². The molecule has 0 spiro atoms. The van der Waals surface area contributed by atoms with Gasteiger partial charge >= 0.3 is 0 Å². The Balaban J connectivity index is 0.00000192. The number of halogens is 1. The minimum Gasteiger partial charge on any atom is -0.324 e. The summed E-state index contributed by atoms with van der Waals surface area (Å²) in [4.78, 5) is 12.5. The van der Waals surface area contributed by atoms with Crippen LogP contribution in [0.15, 0.2) is 24.3 Å². The van der Waals surface area contributed by atoms with Gasteiger partial charge in [-0.3, -0.25) is 4.79 Å². The van der Waals surface area contributed by atoms with E-state index in [-0.39, 0.29) is 18.3 Å². The van der Waals surface area contributed by atoms with Crippen molar-refractivity contribution in [1.29, 1.82) is 0 Å². The van der Waals surface area contributed by atoms with Gasteiger partial charge in [-0.2, -0.15) is 4.68 Å². The summed E-state index contributed by atoms with van der Waals surface area (Å²) in [5.41, 5.74) is 7.01. The molecule has 124 valence electrons. The van der Waals surface area contributed by atoms with Crippen LogP contribution >= 0.6 is 12.4 Å². The number of nitrogens with zero attached hydrogens (tertiary/aromatic N) is 4. The molecule has 3 N–H and O–H groups in total. The van der Waals surface area contributed by atoms with Crippen LogP contribution in [-0.4, -0.2) is 31.7 Å². The molecule has 2 aromatic rings. The van der Waals surface area contributed by atoms with Crippen LogP contribution in [0.1, 0.15) is 37.9 Å². The molecule has 0 unspecified atom stereocenters. The van der Waals surface area contributed by atoms with Crippen LogP contribution in [0.4, 0.5) is 5.69 Å². The summed E-state index contributed by atoms with van der Waals surface area (Å²) >= 11 is 0. The highest BCUT2D eigenvalue weighted by molar-refractivity contribution is 5.98. The van der Waals surface area contributed by atoms with Crippen molar-refractivity contribution in [3.8, 4) is 5.69 Å². The van der Waals surface area contributed by atoms with Gasteiger partial charge in [0.15, 0.2) is 5.82 Å². The third kappa shape index (κ3) is 3.68. The van der Waals surface area contributed by atoms with Crippen molar-refractivity contribution >= 4 is 24.0 Å². The monoisotopic (exact) mass is 336 g/mol. The zero-order valence-electron chi connectivity index (χ0n) is 13.0. The first-order valence-corrected chi connectivity index (χ1v) is 7.54. The van der Waals surface area contributed by atoms with Crippen LogP contribution < -0.4 is 11.1 Å². The first kappa shape index (κ1) is 17.4. The van der Waals surface area contributed by atoms with Crippen molar-refractivity contribution in [2.45, 2.75) is 44.6 Å². The Morgan fingerprint density at radius 1 is 1.30 bits per heavy atom. The fourth-order valence-electron chi connectivity index (χ4n) is 2.85. The van der Waals surface area contributed by atoms with E-state index in [1.807, 2.05) is 31.2 Å². The van der Waals surface area contributed by atoms with Crippen molar-refractivity contribution in [3.05, 3.63) is 30.1 Å². The zero-order chi connectivity index (χ0) is 15.6. The Labute approximate surface area is 141 Å². The molecule has 1 fully saturated rings. The molecule has 23 heavy (non-hydrogen) atoms. The van der Waals surface area contributed by atoms with E-state index in [9.17, 15) is 4.79 Å². The van der Waals surface area contributed by atoms with Crippen molar-refractivity contribution in [3.63, 3.8) is 0 Å². The van der Waals surface area contributed by atoms with E-state index in [1.165, 1.54) is 0 Å². The molecule has 7 nitrogen and oxygen atoms in total. The fraction of sp³-hybridized carbons (Fsp3) is 0.467. The number of hydrogen-bond acceptors (Lipinski definition) is 5. The SMILES string of the molecule is Cc1nnnn1-c1cccc(NC(=O)C2(N)CCCCC2)c1.Cl. The molecular formula is C15H21ClN6O. The Kier molecular flexibility index (Phi) is 5.33. The zero-order valence-corrected chi connectivity index (χ0v) is 13.8. The smallest absolute Gasteiger partial charge is 0.244 e. The van der Waals surface area contributed by atoms with Crippen LogP contribution in [0.5, 0.6) is 0 Å². The topological polar surface area (TPSA) is 98.7 Å². The Morgan fingerprint density at radius 2 is 2.04 bits per heavy atom. The molecule has 0 atom stereocenters. The molecule has 1 amide bonds. The van der Waals surface area contributed by atoms with E-state index in [0.29, 0.717) is 11.5 Å². The van der Waals surface area contributed by atoms with E-state index < -0.39 is 5.54 Å². The summed E-state index contributed by atoms with van der Waals surface area (Å²) in [5, 5.41) is 14.3. The molecule has 0 saturated heterocycles. The largest absolute Gasteiger partial charge is 0.324 e. The normalized spacial score (nSPS) is 16.4. The third-order valence-electron chi connectivity index (χ3n) is 4.17. The second-order valence-corrected chi connectivity index (χ2v) is 5.86. The lowest BCUT2D eigenvalue weighted by atomic mass is 9.82. The highest BCUT2D eigenvalue weighted by Crippen LogP contribution is 2.27. The molecule has 3 rings (SSSR count). The molecule has 1 aromatic heterocycles. The van der Waals surface area contributed by atoms with E-state index in [1.54, 1.807) is 4.68 Å². The highest BCUT2D eigenvalue weighted by Gasteiger charge is 2.35. The van der Waals surface area contributed by atoms with Crippen LogP contribution in [0.25, 0.3) is 5.69 Å². The van der Waals surface area contributed by atoms with Crippen LogP contribution in [0.2, 0.25) is 0 Å². The molecule has 1 aliphatic carbocycles. The molecule has 1 saturated carbocycles. The van der Waals surface area contributed by atoms with E-state index >= 15 is 0 Å². The second-order valence-electron chi connectivity index (χ2n) is 5.86. The van der Waals surface area contributed by atoms with Crippen molar-refractivity contribution in [2.75, 3.05) is 5.32 Å². The third-order valence-corrected chi connectivity index (χ3v) is 4.17. The lowest BCUT2D eigenvalue weighted by molar-refractivity contribution is -0.122. The summed E-state index contributed by atoms with van der Waals surface area (Å²) in [6, 6.07) is 7.43. The average molecular weight is 337 g/mol. The minimum absolute atomic E-state index is 0. The number of rotatable bonds is 3. The number of carbonyl (C=O) groups excluding carboxylic acids is 1. The number of aryl methyl sites for hydroxylation is 1. The predicted octanol–water partition coefficient (Wildman–Crippen LogP) is 1.99. The lowest BCUT2D eigenvalue weighted by Gasteiger charge is -2.31. The van der Waals surface area contributed by atoms with Crippen LogP contribution in [0, 0.1) is 6.92 Å². The fourth-order valence-corrected chi connectivity index (χ4v) is 2.85. The number of nitrogens with one attached hydrogen (secondary N) is 1. The van der Waals surface area contributed by atoms with E-state index in [2.05, 4.69) is 20.8 Å². The van der Waals surface area contributed by atoms with Crippen molar-refractivity contribution in [1.82, 2.24) is 20.2 Å². The number of anilines is 1. The van der Waals surface area contributed by atoms with Crippen LogP contribution in [-0.2, 0) is 4.79 Å². The average Bonchev–Trinajstić information content (AvgIpc) is 2.94. The first-order chi connectivity index (χ1) is 10.6. The van der Waals surface area contributed by atoms with Gasteiger partial charge in [0.05, 0.1) is 11.2 Å². The molecule has 0 aliphatic heterocycles. The standard InChI is InChI=1S/C15H20N6O.ClH/c1-11-18-19-20-21(11)13-7-5-6-12(10-13)17-14(22)15(16)8-3-2-4-9-15;/h5-7,10H,2-4,8-9,16H2,1H3,(H,17,22);1H. The first-order valence-electron chi connectivity index (χ1n) is 7.54. The van der Waals surface area contributed by atoms with Gasteiger partial charge in [-0.05, 0) is 48.4 Å². The maximum absolute atomic E-state index is 12.5. The predicted molar refractivity (Wildman–Crippen MR) is 89.8 cm³/mol. The number of hydrogen-bond donors (Lipinski definition) is 2. The molecule has 8 heteroatoms. The Bertz CT molecular complexity index is 680. The quantitative estimate of drug-likeness (QED) is 0.893. The molecular weight excluding hydrogens is 316 g/mol. The number of tetrazole rings is 1. The lowest BCUT2D eigenvalue weighted by Crippen LogP contribution is -2.52. The van der Waals surface area contributed by atoms with Gasteiger partial charge in [-0.25, -0.2) is 0 Å². The number of aromatic nitrogens is 4. The molecule has 0 radical (unpaired) electrons. The molecule has 0 bridgehead atoms. The number of carbonyl (C=O) groups is 1. The number of benzene rings is 1. The summed E-state index contributed by atoms with van der Waals surface area (Å²) in [6.07, 6.45) is 4.65. The summed E-state index contributed by atoms with van der Waals surface area (Å²) in [5.74, 6) is 0.573. The molecule has 1 aromatic carbocycles. The van der Waals surface area contributed by atoms with Gasteiger partial charge in [0, 0.05) is 5.69 Å². The van der Waals surface area contributed by atoms with E-state index in [4.69, 9.17) is 5.73 Å². The molecule has 1 aliphatic rings. The van der Waals surface area contributed by atoms with Crippen molar-refractivity contribution in [2.24, 2.45) is 5.73 Å². The maximum atomic E-state index is 12.5. The summed E-state index contributed by atoms with van der Waals surface area (Å²) in [6.45, 7) is 1.82. The van der Waals surface area contributed by atoms with Crippen molar-refractivity contribution < 1.29 is 4.79 Å². The Morgan fingerprint density at radius 3 is 2.70 bits per heavy atom. The van der Waals surface area contributed by atoms with Gasteiger partial charge in [-0.15, -0.1) is 17.5 Å². The highest BCUT2D eigenvalue weighted by atomic mass is 35.5. The summed E-state index contributed by atoms with van der Waals surface area (Å²) < 4.78 is 1.62.